The topological polar surface area (TPSA) is 174 Å². The number of rotatable bonds is 5. The average molecular weight is 508 g/mol. The van der Waals surface area contributed by atoms with Crippen LogP contribution >= 0.6 is 15.6 Å². The van der Waals surface area contributed by atoms with Gasteiger partial charge in [-0.25, -0.2) is 18.9 Å². The highest BCUT2D eigenvalue weighted by molar-refractivity contribution is 7.60. The molecule has 2 aliphatic heterocycles. The van der Waals surface area contributed by atoms with Gasteiger partial charge in [0.25, 0.3) is 5.56 Å². The lowest BCUT2D eigenvalue weighted by molar-refractivity contribution is -0.170. The van der Waals surface area contributed by atoms with E-state index >= 15 is 0 Å². The third-order valence-electron chi connectivity index (χ3n) is 5.87. The molecule has 0 spiro atoms. The van der Waals surface area contributed by atoms with Crippen LogP contribution in [0.3, 0.4) is 0 Å². The molecule has 2 aliphatic rings. The maximum Gasteiger partial charge on any atom is 0.482 e. The number of aromatic nitrogens is 2. The van der Waals surface area contributed by atoms with Gasteiger partial charge in [-0.3, -0.25) is 9.32 Å². The molecule has 0 amide bonds. The van der Waals surface area contributed by atoms with Gasteiger partial charge in [0.15, 0.2) is 0 Å². The number of ether oxygens (including phenoxy) is 1. The van der Waals surface area contributed by atoms with Crippen LogP contribution < -0.4 is 5.56 Å². The fraction of sp³-hybridized carbons (Fsp3) is 0.250. The van der Waals surface area contributed by atoms with Crippen molar-refractivity contribution in [2.24, 2.45) is 0 Å². The molecule has 3 aromatic rings. The van der Waals surface area contributed by atoms with Crippen molar-refractivity contribution in [2.45, 2.75) is 32.1 Å². The number of fused-ring (bicyclic) bond motifs is 5. The second kappa shape index (κ2) is 7.66. The zero-order valence-corrected chi connectivity index (χ0v) is 19.4. The summed E-state index contributed by atoms with van der Waals surface area (Å²) in [4.78, 5) is 58.8. The Labute approximate surface area is 191 Å². The number of cyclic esters (lactones) is 1. The minimum absolute atomic E-state index is 0.0127. The molecule has 2 atom stereocenters. The molecule has 2 unspecified atom stereocenters. The summed E-state index contributed by atoms with van der Waals surface area (Å²) in [7, 11) is -10.9. The summed E-state index contributed by atoms with van der Waals surface area (Å²) >= 11 is 0. The van der Waals surface area contributed by atoms with Gasteiger partial charge in [-0.15, -0.1) is 0 Å². The molecular formula is C20H18N2O10P2. The normalized spacial score (nSPS) is 20.9. The van der Waals surface area contributed by atoms with Gasteiger partial charge in [0, 0.05) is 16.5 Å². The Bertz CT molecular complexity index is 1530. The minimum atomic E-state index is -5.48. The Hall–Kier alpha value is -2.69. The molecule has 12 nitrogen and oxygen atoms in total. The summed E-state index contributed by atoms with van der Waals surface area (Å²) < 4.78 is 39.0. The minimum Gasteiger partial charge on any atom is -0.458 e. The summed E-state index contributed by atoms with van der Waals surface area (Å²) in [6, 6.07) is 10.8. The quantitative estimate of drug-likeness (QED) is 0.267. The van der Waals surface area contributed by atoms with Crippen LogP contribution in [-0.2, 0) is 46.2 Å². The zero-order valence-electron chi connectivity index (χ0n) is 17.6. The molecule has 14 heteroatoms. The average Bonchev–Trinajstić information content (AvgIpc) is 3.10. The lowest BCUT2D eigenvalue weighted by Gasteiger charge is -2.36. The standard InChI is InChI=1S/C20H18N2O10P2/c1-2-20(31-34(28,29)32-33(25,26)27)14-8-16-17-12(7-11-5-3-4-6-15(11)21-17)9-22(16)18(23)13(14)10-30-19(20)24/h3-8H,2,9-10H2,1H3,(H,28,29)(H2,25,26,27). The maximum absolute atomic E-state index is 13.4. The lowest BCUT2D eigenvalue weighted by atomic mass is 9.86. The first-order chi connectivity index (χ1) is 15.9. The van der Waals surface area contributed by atoms with Crippen molar-refractivity contribution in [3.8, 4) is 11.4 Å². The van der Waals surface area contributed by atoms with Crippen LogP contribution in [0, 0.1) is 0 Å². The van der Waals surface area contributed by atoms with E-state index in [-0.39, 0.29) is 24.1 Å². The van der Waals surface area contributed by atoms with Crippen molar-refractivity contribution in [3.05, 3.63) is 63.4 Å². The molecule has 0 bridgehead atoms. The molecule has 5 rings (SSSR count). The van der Waals surface area contributed by atoms with Gasteiger partial charge >= 0.3 is 21.6 Å². The van der Waals surface area contributed by atoms with E-state index in [1.54, 1.807) is 0 Å². The van der Waals surface area contributed by atoms with Crippen molar-refractivity contribution < 1.29 is 42.2 Å². The van der Waals surface area contributed by atoms with Crippen molar-refractivity contribution in [1.82, 2.24) is 9.55 Å². The maximum atomic E-state index is 13.4. The first-order valence-corrected chi connectivity index (χ1v) is 13.1. The van der Waals surface area contributed by atoms with Gasteiger partial charge in [-0.1, -0.05) is 25.1 Å². The van der Waals surface area contributed by atoms with E-state index in [0.717, 1.165) is 10.9 Å². The fourth-order valence-electron chi connectivity index (χ4n) is 4.41. The Kier molecular flexibility index (Phi) is 5.20. The molecule has 34 heavy (non-hydrogen) atoms. The summed E-state index contributed by atoms with van der Waals surface area (Å²) in [5.41, 5.74) is -0.537. The molecule has 178 valence electrons. The number of hydrogen-bond acceptors (Lipinski definition) is 8. The highest BCUT2D eigenvalue weighted by atomic mass is 31.3. The van der Waals surface area contributed by atoms with Crippen LogP contribution in [-0.4, -0.2) is 30.2 Å². The SMILES string of the molecule is CCC1(OP(=O)(O)OP(=O)(O)O)C(=O)OCc2c1cc1n(c2=O)Cc2cc3ccccc3nc2-1. The second-order valence-electron chi connectivity index (χ2n) is 7.89. The fourth-order valence-corrected chi connectivity index (χ4v) is 6.32. The molecule has 1 aromatic carbocycles. The number of hydrogen-bond donors (Lipinski definition) is 3. The van der Waals surface area contributed by atoms with E-state index < -0.39 is 39.4 Å². The summed E-state index contributed by atoms with van der Waals surface area (Å²) in [6.07, 6.45) is -0.297. The second-order valence-corrected chi connectivity index (χ2v) is 10.6. The van der Waals surface area contributed by atoms with E-state index in [9.17, 15) is 23.6 Å². The number of benzene rings is 1. The third-order valence-corrected chi connectivity index (χ3v) is 8.08. The molecule has 3 N–H and O–H groups in total. The van der Waals surface area contributed by atoms with Gasteiger partial charge in [-0.2, -0.15) is 4.31 Å². The van der Waals surface area contributed by atoms with E-state index in [1.165, 1.54) is 17.6 Å². The van der Waals surface area contributed by atoms with E-state index in [4.69, 9.17) is 19.0 Å². The Morgan fingerprint density at radius 2 is 1.91 bits per heavy atom. The number of nitrogens with zero attached hydrogens (tertiary/aromatic N) is 2. The Balaban J connectivity index is 1.71. The number of carbonyl (C=O) groups excluding carboxylic acids is 1. The predicted molar refractivity (Wildman–Crippen MR) is 116 cm³/mol. The highest BCUT2D eigenvalue weighted by Crippen LogP contribution is 2.61. The molecule has 0 saturated carbocycles. The van der Waals surface area contributed by atoms with Crippen LogP contribution in [0.1, 0.15) is 30.0 Å². The molecular weight excluding hydrogens is 490 g/mol. The number of pyridine rings is 2. The molecule has 0 radical (unpaired) electrons. The van der Waals surface area contributed by atoms with Crippen molar-refractivity contribution >= 4 is 32.5 Å². The number of esters is 1. The summed E-state index contributed by atoms with van der Waals surface area (Å²) in [5.74, 6) is -1.10. The van der Waals surface area contributed by atoms with Gasteiger partial charge in [0.2, 0.25) is 5.60 Å². The largest absolute Gasteiger partial charge is 0.482 e. The summed E-state index contributed by atoms with van der Waals surface area (Å²) in [6.45, 7) is 1.25. The van der Waals surface area contributed by atoms with Gasteiger partial charge < -0.3 is 24.0 Å². The number of para-hydroxylation sites is 1. The van der Waals surface area contributed by atoms with Crippen LogP contribution in [0.5, 0.6) is 0 Å². The van der Waals surface area contributed by atoms with Crippen LogP contribution in [0.25, 0.3) is 22.3 Å². The smallest absolute Gasteiger partial charge is 0.458 e. The molecule has 0 fully saturated rings. The Morgan fingerprint density at radius 1 is 1.18 bits per heavy atom. The number of phosphoric acid groups is 2. The zero-order chi connectivity index (χ0) is 24.5. The van der Waals surface area contributed by atoms with Crippen LogP contribution in [0.4, 0.5) is 0 Å². The molecule has 4 heterocycles. The van der Waals surface area contributed by atoms with Crippen molar-refractivity contribution in [1.29, 1.82) is 0 Å². The first-order valence-electron chi connectivity index (χ1n) is 10.1. The van der Waals surface area contributed by atoms with E-state index in [1.807, 2.05) is 30.3 Å². The van der Waals surface area contributed by atoms with Gasteiger partial charge in [0.1, 0.15) is 6.61 Å². The molecule has 2 aromatic heterocycles. The van der Waals surface area contributed by atoms with Crippen LogP contribution in [0.15, 0.2) is 41.2 Å². The van der Waals surface area contributed by atoms with E-state index in [0.29, 0.717) is 16.9 Å². The van der Waals surface area contributed by atoms with E-state index in [2.05, 4.69) is 9.29 Å². The summed E-state index contributed by atoms with van der Waals surface area (Å²) in [5, 5.41) is 0.882. The predicted octanol–water partition coefficient (Wildman–Crippen LogP) is 2.31. The van der Waals surface area contributed by atoms with Gasteiger partial charge in [-0.05, 0) is 24.6 Å². The Morgan fingerprint density at radius 3 is 2.62 bits per heavy atom. The molecule has 0 aliphatic carbocycles. The van der Waals surface area contributed by atoms with Gasteiger partial charge in [0.05, 0.1) is 29.0 Å². The van der Waals surface area contributed by atoms with Crippen molar-refractivity contribution in [2.75, 3.05) is 0 Å². The number of carbonyl (C=O) groups is 1. The monoisotopic (exact) mass is 508 g/mol. The number of phosphoric ester groups is 1. The highest BCUT2D eigenvalue weighted by Gasteiger charge is 2.53. The van der Waals surface area contributed by atoms with Crippen molar-refractivity contribution in [3.63, 3.8) is 0 Å². The molecule has 0 saturated heterocycles. The first kappa shape index (κ1) is 23.1. The third kappa shape index (κ3) is 3.64. The van der Waals surface area contributed by atoms with Crippen LogP contribution in [0.2, 0.25) is 0 Å². The lowest BCUT2D eigenvalue weighted by Crippen LogP contribution is -2.46.